The fourth-order valence-electron chi connectivity index (χ4n) is 3.99. The van der Waals surface area contributed by atoms with Gasteiger partial charge < -0.3 is 4.90 Å². The zero-order chi connectivity index (χ0) is 21.6. The molecule has 0 radical (unpaired) electrons. The fourth-order valence-corrected chi connectivity index (χ4v) is 4.29. The lowest BCUT2D eigenvalue weighted by Crippen LogP contribution is -2.28. The number of nitrogens with zero attached hydrogens (tertiary/aromatic N) is 2. The smallest absolute Gasteiger partial charge is 0.150 e. The Balaban J connectivity index is 2.55. The molecule has 4 heteroatoms. The first-order valence-electron chi connectivity index (χ1n) is 10.6. The van der Waals surface area contributed by atoms with Gasteiger partial charge in [0.2, 0.25) is 0 Å². The number of aldehydes is 1. The summed E-state index contributed by atoms with van der Waals surface area (Å²) in [5.74, 6) is 1.45. The monoisotopic (exact) mass is 412 g/mol. The predicted molar refractivity (Wildman–Crippen MR) is 127 cm³/mol. The van der Waals surface area contributed by atoms with Gasteiger partial charge in [0.1, 0.15) is 12.1 Å². The molecule has 0 aromatic heterocycles. The van der Waals surface area contributed by atoms with E-state index < -0.39 is 0 Å². The largest absolute Gasteiger partial charge is 0.329 e. The van der Waals surface area contributed by atoms with E-state index in [0.29, 0.717) is 16.5 Å². The minimum absolute atomic E-state index is 0.558. The molecule has 156 valence electrons. The number of aliphatic imine (C=N–C) groups is 1. The molecule has 0 amide bonds. The second-order valence-electron chi connectivity index (χ2n) is 7.39. The first kappa shape index (κ1) is 23.2. The van der Waals surface area contributed by atoms with Gasteiger partial charge in [-0.2, -0.15) is 0 Å². The maximum Gasteiger partial charge on any atom is 0.150 e. The Morgan fingerprint density at radius 3 is 2.34 bits per heavy atom. The number of anilines is 1. The van der Waals surface area contributed by atoms with Gasteiger partial charge in [-0.1, -0.05) is 44.5 Å². The van der Waals surface area contributed by atoms with Crippen molar-refractivity contribution in [1.82, 2.24) is 0 Å². The molecule has 29 heavy (non-hydrogen) atoms. The first-order chi connectivity index (χ1) is 13.9. The van der Waals surface area contributed by atoms with Gasteiger partial charge in [-0.25, -0.2) is 4.99 Å². The quantitative estimate of drug-likeness (QED) is 0.255. The molecule has 0 saturated carbocycles. The van der Waals surface area contributed by atoms with Crippen molar-refractivity contribution in [2.75, 3.05) is 11.4 Å². The van der Waals surface area contributed by atoms with Gasteiger partial charge in [-0.05, 0) is 80.8 Å². The lowest BCUT2D eigenvalue weighted by Gasteiger charge is -2.25. The molecule has 0 aliphatic rings. The van der Waals surface area contributed by atoms with Crippen LogP contribution in [0.4, 0.5) is 11.4 Å². The van der Waals surface area contributed by atoms with Crippen molar-refractivity contribution in [3.8, 4) is 0 Å². The Bertz CT molecular complexity index is 885. The van der Waals surface area contributed by atoms with Crippen LogP contribution in [-0.2, 0) is 6.42 Å². The summed E-state index contributed by atoms with van der Waals surface area (Å²) in [5.41, 5.74) is 6.45. The Morgan fingerprint density at radius 2 is 1.83 bits per heavy atom. The average Bonchev–Trinajstić information content (AvgIpc) is 2.73. The van der Waals surface area contributed by atoms with Crippen molar-refractivity contribution >= 4 is 35.1 Å². The summed E-state index contributed by atoms with van der Waals surface area (Å²) >= 11 is 6.47. The molecule has 0 aliphatic heterocycles. The summed E-state index contributed by atoms with van der Waals surface area (Å²) in [6, 6.07) is 9.90. The van der Waals surface area contributed by atoms with Gasteiger partial charge >= 0.3 is 0 Å². The highest BCUT2D eigenvalue weighted by Crippen LogP contribution is 2.35. The maximum atomic E-state index is 11.0. The number of carbonyl (C=O) groups is 1. The molecule has 3 nitrogen and oxygen atoms in total. The fraction of sp³-hybridized carbons (Fsp3) is 0.440. The lowest BCUT2D eigenvalue weighted by atomic mass is 9.88. The van der Waals surface area contributed by atoms with Gasteiger partial charge in [-0.15, -0.1) is 0 Å². The first-order valence-corrected chi connectivity index (χ1v) is 11.0. The second kappa shape index (κ2) is 10.6. The lowest BCUT2D eigenvalue weighted by molar-refractivity contribution is 0.112. The summed E-state index contributed by atoms with van der Waals surface area (Å²) in [7, 11) is 0. The predicted octanol–water partition coefficient (Wildman–Crippen LogP) is 7.50. The zero-order valence-electron chi connectivity index (χ0n) is 18.6. The van der Waals surface area contributed by atoms with E-state index in [-0.39, 0.29) is 0 Å². The van der Waals surface area contributed by atoms with Gasteiger partial charge in [0, 0.05) is 12.1 Å². The molecular weight excluding hydrogens is 380 g/mol. The highest BCUT2D eigenvalue weighted by molar-refractivity contribution is 6.34. The topological polar surface area (TPSA) is 32.7 Å². The van der Waals surface area contributed by atoms with E-state index in [0.717, 1.165) is 49.3 Å². The van der Waals surface area contributed by atoms with E-state index >= 15 is 0 Å². The van der Waals surface area contributed by atoms with Crippen LogP contribution in [0.3, 0.4) is 0 Å². The third-order valence-corrected chi connectivity index (χ3v) is 6.04. The highest BCUT2D eigenvalue weighted by atomic mass is 35.5. The molecular formula is C25H33ClN2O. The van der Waals surface area contributed by atoms with Crippen LogP contribution in [-0.4, -0.2) is 18.7 Å². The van der Waals surface area contributed by atoms with Gasteiger partial charge in [0.25, 0.3) is 0 Å². The zero-order valence-corrected chi connectivity index (χ0v) is 19.3. The molecule has 0 bridgehead atoms. The number of halogens is 1. The SMILES string of the molecule is CCc1ccc(C(CC)CC)c(C)c1N=C(C)N(CC)c1ccc(C=O)cc1Cl. The summed E-state index contributed by atoms with van der Waals surface area (Å²) in [4.78, 5) is 18.2. The van der Waals surface area contributed by atoms with Crippen molar-refractivity contribution in [3.63, 3.8) is 0 Å². The summed E-state index contributed by atoms with van der Waals surface area (Å²) in [6.45, 7) is 13.7. The number of hydrogen-bond donors (Lipinski definition) is 0. The third-order valence-electron chi connectivity index (χ3n) is 5.74. The number of aryl methyl sites for hydroxylation is 1. The molecule has 0 spiro atoms. The van der Waals surface area contributed by atoms with Crippen LogP contribution in [0, 0.1) is 6.92 Å². The van der Waals surface area contributed by atoms with Crippen molar-refractivity contribution < 1.29 is 4.79 Å². The molecule has 0 aliphatic carbocycles. The standard InChI is InChI=1S/C25H33ClN2O/c1-7-20(8-2)22-13-12-21(9-3)25(17(22)5)27-18(6)28(10-4)24-14-11-19(16-29)15-23(24)26/h11-16,20H,7-10H2,1-6H3. The third kappa shape index (κ3) is 5.08. The van der Waals surface area contributed by atoms with Crippen LogP contribution in [0.1, 0.15) is 80.4 Å². The molecule has 2 aromatic carbocycles. The van der Waals surface area contributed by atoms with E-state index in [1.54, 1.807) is 12.1 Å². The molecule has 0 heterocycles. The van der Waals surface area contributed by atoms with Crippen molar-refractivity contribution in [3.05, 3.63) is 57.6 Å². The minimum Gasteiger partial charge on any atom is -0.329 e. The van der Waals surface area contributed by atoms with Gasteiger partial charge in [0.05, 0.1) is 16.4 Å². The molecule has 2 aromatic rings. The van der Waals surface area contributed by atoms with Crippen LogP contribution >= 0.6 is 11.6 Å². The molecule has 0 fully saturated rings. The number of rotatable bonds is 8. The van der Waals surface area contributed by atoms with E-state index in [4.69, 9.17) is 16.6 Å². The maximum absolute atomic E-state index is 11.0. The highest BCUT2D eigenvalue weighted by Gasteiger charge is 2.17. The summed E-state index contributed by atoms with van der Waals surface area (Å²) < 4.78 is 0. The molecule has 0 unspecified atom stereocenters. The average molecular weight is 413 g/mol. The van der Waals surface area contributed by atoms with E-state index in [9.17, 15) is 4.79 Å². The van der Waals surface area contributed by atoms with Crippen LogP contribution in [0.25, 0.3) is 0 Å². The number of amidine groups is 1. The van der Waals surface area contributed by atoms with Gasteiger partial charge in [-0.3, -0.25) is 4.79 Å². The van der Waals surface area contributed by atoms with Crippen LogP contribution in [0.15, 0.2) is 35.3 Å². The van der Waals surface area contributed by atoms with E-state index in [1.807, 2.05) is 13.0 Å². The molecule has 2 rings (SSSR count). The molecule has 0 saturated heterocycles. The van der Waals surface area contributed by atoms with Gasteiger partial charge in [0.15, 0.2) is 0 Å². The van der Waals surface area contributed by atoms with Crippen LogP contribution in [0.5, 0.6) is 0 Å². The number of benzene rings is 2. The Morgan fingerprint density at radius 1 is 1.14 bits per heavy atom. The second-order valence-corrected chi connectivity index (χ2v) is 7.79. The Kier molecular flexibility index (Phi) is 8.45. The minimum atomic E-state index is 0.558. The number of carbonyl (C=O) groups excluding carboxylic acids is 1. The van der Waals surface area contributed by atoms with E-state index in [1.165, 1.54) is 16.7 Å². The van der Waals surface area contributed by atoms with Crippen molar-refractivity contribution in [2.24, 2.45) is 4.99 Å². The van der Waals surface area contributed by atoms with Crippen LogP contribution in [0.2, 0.25) is 5.02 Å². The molecule has 0 atom stereocenters. The molecule has 0 N–H and O–H groups in total. The van der Waals surface area contributed by atoms with Crippen molar-refractivity contribution in [1.29, 1.82) is 0 Å². The Hall–Kier alpha value is -2.13. The van der Waals surface area contributed by atoms with E-state index in [2.05, 4.69) is 51.7 Å². The normalized spacial score (nSPS) is 11.8. The van der Waals surface area contributed by atoms with Crippen LogP contribution < -0.4 is 4.90 Å². The summed E-state index contributed by atoms with van der Waals surface area (Å²) in [6.07, 6.45) is 4.01. The summed E-state index contributed by atoms with van der Waals surface area (Å²) in [5, 5.41) is 0.559. The Labute approximate surface area is 180 Å². The van der Waals surface area contributed by atoms with Crippen molar-refractivity contribution in [2.45, 2.75) is 66.7 Å². The number of hydrogen-bond acceptors (Lipinski definition) is 2.